The van der Waals surface area contributed by atoms with Gasteiger partial charge in [-0.3, -0.25) is 14.5 Å². The Balaban J connectivity index is 1.69. The molecule has 0 bridgehead atoms. The summed E-state index contributed by atoms with van der Waals surface area (Å²) >= 11 is 1.38. The van der Waals surface area contributed by atoms with Gasteiger partial charge in [-0.05, 0) is 62.7 Å². The summed E-state index contributed by atoms with van der Waals surface area (Å²) < 4.78 is 15.6. The Hall–Kier alpha value is -3.78. The molecule has 2 atom stereocenters. The van der Waals surface area contributed by atoms with Gasteiger partial charge in [0.2, 0.25) is 0 Å². The fraction of sp³-hybridized carbons (Fsp3) is 0.222. The predicted molar refractivity (Wildman–Crippen MR) is 135 cm³/mol. The Bertz CT molecular complexity index is 1390. The molecule has 0 saturated carbocycles. The molecule has 0 saturated heterocycles. The number of anilines is 1. The molecule has 0 radical (unpaired) electrons. The zero-order valence-electron chi connectivity index (χ0n) is 19.7. The van der Waals surface area contributed by atoms with E-state index in [0.717, 1.165) is 27.4 Å². The summed E-state index contributed by atoms with van der Waals surface area (Å²) in [4.78, 5) is 30.3. The minimum Gasteiger partial charge on any atom is -0.339 e. The first-order valence-electron chi connectivity index (χ1n) is 11.5. The van der Waals surface area contributed by atoms with Gasteiger partial charge in [-0.1, -0.05) is 30.3 Å². The van der Waals surface area contributed by atoms with Crippen molar-refractivity contribution >= 4 is 29.0 Å². The molecule has 8 heteroatoms. The summed E-state index contributed by atoms with van der Waals surface area (Å²) in [6.45, 7) is 6.14. The standard InChI is InChI=1S/C27H25FN4O2S/c1-4-31-26-22(17(3)30-32(26)20-8-6-5-7-9-20)23(18-11-13-19(28)14-12-18)24(27(31)34)29-25(33)21-15-10-16(2)35-21/h5-15,23-24H,4H2,1-3H3,(H,29,33)/t23-,24-/m0/s1. The molecule has 0 unspecified atom stereocenters. The largest absolute Gasteiger partial charge is 0.339 e. The van der Waals surface area contributed by atoms with Crippen molar-refractivity contribution in [1.29, 1.82) is 0 Å². The zero-order valence-corrected chi connectivity index (χ0v) is 20.5. The number of carbonyl (C=O) groups is 2. The van der Waals surface area contributed by atoms with E-state index in [1.165, 1.54) is 23.5 Å². The molecule has 2 aromatic carbocycles. The van der Waals surface area contributed by atoms with Gasteiger partial charge < -0.3 is 5.32 Å². The molecule has 2 amide bonds. The zero-order chi connectivity index (χ0) is 24.7. The first-order chi connectivity index (χ1) is 16.9. The van der Waals surface area contributed by atoms with Crippen molar-refractivity contribution in [2.24, 2.45) is 0 Å². The summed E-state index contributed by atoms with van der Waals surface area (Å²) in [7, 11) is 0. The highest BCUT2D eigenvalue weighted by Crippen LogP contribution is 2.43. The number of aromatic nitrogens is 2. The molecular formula is C27H25FN4O2S. The van der Waals surface area contributed by atoms with Crippen LogP contribution in [0.15, 0.2) is 66.7 Å². The minimum absolute atomic E-state index is 0.229. The van der Waals surface area contributed by atoms with Crippen LogP contribution in [0, 0.1) is 19.7 Å². The van der Waals surface area contributed by atoms with Gasteiger partial charge in [-0.2, -0.15) is 5.10 Å². The molecule has 178 valence electrons. The maximum absolute atomic E-state index is 13.9. The number of nitrogens with one attached hydrogen (secondary N) is 1. The summed E-state index contributed by atoms with van der Waals surface area (Å²) in [6, 6.07) is 18.5. The highest BCUT2D eigenvalue weighted by atomic mass is 32.1. The van der Waals surface area contributed by atoms with E-state index >= 15 is 0 Å². The van der Waals surface area contributed by atoms with Gasteiger partial charge in [0, 0.05) is 22.9 Å². The third-order valence-corrected chi connectivity index (χ3v) is 7.31. The van der Waals surface area contributed by atoms with Crippen LogP contribution >= 0.6 is 11.3 Å². The number of hydrogen-bond donors (Lipinski definition) is 1. The molecule has 35 heavy (non-hydrogen) atoms. The van der Waals surface area contributed by atoms with Crippen LogP contribution in [0.5, 0.6) is 0 Å². The third-order valence-electron chi connectivity index (χ3n) is 6.31. The average molecular weight is 489 g/mol. The van der Waals surface area contributed by atoms with E-state index in [2.05, 4.69) is 5.32 Å². The highest BCUT2D eigenvalue weighted by Gasteiger charge is 2.45. The number of rotatable bonds is 5. The van der Waals surface area contributed by atoms with Gasteiger partial charge in [-0.25, -0.2) is 9.07 Å². The number of carbonyl (C=O) groups excluding carboxylic acids is 2. The van der Waals surface area contributed by atoms with E-state index in [1.54, 1.807) is 27.8 Å². The van der Waals surface area contributed by atoms with E-state index in [0.29, 0.717) is 17.2 Å². The predicted octanol–water partition coefficient (Wildman–Crippen LogP) is 4.99. The van der Waals surface area contributed by atoms with Gasteiger partial charge in [0.25, 0.3) is 11.8 Å². The Kier molecular flexibility index (Phi) is 5.98. The van der Waals surface area contributed by atoms with E-state index in [1.807, 2.05) is 57.2 Å². The second kappa shape index (κ2) is 9.11. The normalized spacial score (nSPS) is 17.4. The van der Waals surface area contributed by atoms with Crippen molar-refractivity contribution in [2.75, 3.05) is 11.4 Å². The van der Waals surface area contributed by atoms with Gasteiger partial charge in [0.05, 0.1) is 16.3 Å². The lowest BCUT2D eigenvalue weighted by molar-refractivity contribution is -0.121. The van der Waals surface area contributed by atoms with Crippen LogP contribution < -0.4 is 10.2 Å². The van der Waals surface area contributed by atoms with Crippen molar-refractivity contribution in [3.63, 3.8) is 0 Å². The monoisotopic (exact) mass is 488 g/mol. The Morgan fingerprint density at radius 1 is 1.06 bits per heavy atom. The Morgan fingerprint density at radius 2 is 1.77 bits per heavy atom. The van der Waals surface area contributed by atoms with Crippen LogP contribution in [0.3, 0.4) is 0 Å². The molecule has 0 aliphatic carbocycles. The molecule has 3 heterocycles. The number of fused-ring (bicyclic) bond motifs is 1. The van der Waals surface area contributed by atoms with Crippen molar-refractivity contribution in [1.82, 2.24) is 15.1 Å². The average Bonchev–Trinajstić information content (AvgIpc) is 3.44. The van der Waals surface area contributed by atoms with Crippen LogP contribution in [0.4, 0.5) is 10.2 Å². The lowest BCUT2D eigenvalue weighted by Crippen LogP contribution is -2.55. The Labute approximate surface area is 207 Å². The van der Waals surface area contributed by atoms with Crippen molar-refractivity contribution < 1.29 is 14.0 Å². The maximum atomic E-state index is 13.9. The van der Waals surface area contributed by atoms with Crippen molar-refractivity contribution in [3.8, 4) is 5.69 Å². The number of benzene rings is 2. The van der Waals surface area contributed by atoms with Crippen molar-refractivity contribution in [2.45, 2.75) is 32.7 Å². The topological polar surface area (TPSA) is 67.2 Å². The SMILES string of the molecule is CCN1C(=O)[C@@H](NC(=O)c2ccc(C)s2)[C@@H](c2ccc(F)cc2)c2c(C)nn(-c3ccccc3)c21. The molecule has 5 rings (SSSR count). The van der Waals surface area contributed by atoms with Crippen LogP contribution in [-0.4, -0.2) is 34.2 Å². The van der Waals surface area contributed by atoms with E-state index in [4.69, 9.17) is 5.10 Å². The number of hydrogen-bond acceptors (Lipinski definition) is 4. The number of thiophene rings is 1. The minimum atomic E-state index is -0.866. The number of aryl methyl sites for hydroxylation is 2. The number of likely N-dealkylation sites (N-methyl/N-ethyl adjacent to an activating group) is 1. The molecule has 1 aliphatic rings. The summed E-state index contributed by atoms with van der Waals surface area (Å²) in [5.41, 5.74) is 3.16. The molecule has 2 aromatic heterocycles. The fourth-order valence-corrected chi connectivity index (χ4v) is 5.50. The molecule has 0 spiro atoms. The molecule has 4 aromatic rings. The van der Waals surface area contributed by atoms with E-state index < -0.39 is 12.0 Å². The quantitative estimate of drug-likeness (QED) is 0.431. The van der Waals surface area contributed by atoms with Crippen LogP contribution in [0.1, 0.15) is 44.2 Å². The first kappa shape index (κ1) is 23.0. The summed E-state index contributed by atoms with van der Waals surface area (Å²) in [5, 5.41) is 7.79. The van der Waals surface area contributed by atoms with E-state index in [9.17, 15) is 14.0 Å². The smallest absolute Gasteiger partial charge is 0.262 e. The second-order valence-electron chi connectivity index (χ2n) is 8.54. The van der Waals surface area contributed by atoms with Gasteiger partial charge in [0.1, 0.15) is 17.7 Å². The molecule has 0 fully saturated rings. The summed E-state index contributed by atoms with van der Waals surface area (Å²) in [5.74, 6) is -0.747. The number of nitrogens with zero attached hydrogens (tertiary/aromatic N) is 3. The van der Waals surface area contributed by atoms with Crippen LogP contribution in [-0.2, 0) is 4.79 Å². The second-order valence-corrected chi connectivity index (χ2v) is 9.83. The Morgan fingerprint density at radius 3 is 2.40 bits per heavy atom. The maximum Gasteiger partial charge on any atom is 0.262 e. The molecule has 1 aliphatic heterocycles. The molecular weight excluding hydrogens is 463 g/mol. The molecule has 6 nitrogen and oxygen atoms in total. The van der Waals surface area contributed by atoms with Gasteiger partial charge in [0.15, 0.2) is 0 Å². The highest BCUT2D eigenvalue weighted by molar-refractivity contribution is 7.13. The number of amides is 2. The van der Waals surface area contributed by atoms with Crippen LogP contribution in [0.25, 0.3) is 5.69 Å². The third kappa shape index (κ3) is 4.04. The summed E-state index contributed by atoms with van der Waals surface area (Å²) in [6.07, 6.45) is 0. The van der Waals surface area contributed by atoms with Crippen LogP contribution in [0.2, 0.25) is 0 Å². The first-order valence-corrected chi connectivity index (χ1v) is 12.3. The number of halogens is 1. The van der Waals surface area contributed by atoms with Gasteiger partial charge >= 0.3 is 0 Å². The molecule has 1 N–H and O–H groups in total. The lowest BCUT2D eigenvalue weighted by Gasteiger charge is -2.38. The lowest BCUT2D eigenvalue weighted by atomic mass is 9.81. The van der Waals surface area contributed by atoms with Crippen molar-refractivity contribution in [3.05, 3.63) is 99.1 Å². The number of para-hydroxylation sites is 1. The fourth-order valence-electron chi connectivity index (χ4n) is 4.73. The van der Waals surface area contributed by atoms with E-state index in [-0.39, 0.29) is 17.6 Å². The van der Waals surface area contributed by atoms with Gasteiger partial charge in [-0.15, -0.1) is 11.3 Å².